The lowest BCUT2D eigenvalue weighted by atomic mass is 10.1. The topological polar surface area (TPSA) is 123 Å². The largest absolute Gasteiger partial charge is 0.454 e. The zero-order valence-corrected chi connectivity index (χ0v) is 19.5. The number of halogens is 1. The molecule has 11 heteroatoms. The lowest BCUT2D eigenvalue weighted by Crippen LogP contribution is -2.41. The van der Waals surface area contributed by atoms with Crippen LogP contribution in [0.5, 0.6) is 0 Å². The van der Waals surface area contributed by atoms with Crippen LogP contribution >= 0.6 is 11.6 Å². The molecule has 0 amide bonds. The Morgan fingerprint density at radius 2 is 1.91 bits per heavy atom. The van der Waals surface area contributed by atoms with E-state index >= 15 is 0 Å². The van der Waals surface area contributed by atoms with Gasteiger partial charge in [0.05, 0.1) is 11.0 Å². The Morgan fingerprint density at radius 3 is 2.61 bits per heavy atom. The highest BCUT2D eigenvalue weighted by Crippen LogP contribution is 2.28. The second-order valence-corrected chi connectivity index (χ2v) is 10.2. The van der Waals surface area contributed by atoms with Crippen molar-refractivity contribution in [3.8, 4) is 11.5 Å². The number of sulfonamides is 1. The minimum atomic E-state index is -4.01. The van der Waals surface area contributed by atoms with E-state index in [2.05, 4.69) is 10.2 Å². The molecule has 2 unspecified atom stereocenters. The summed E-state index contributed by atoms with van der Waals surface area (Å²) in [6, 6.07) is 10.4. The quantitative estimate of drug-likeness (QED) is 0.522. The van der Waals surface area contributed by atoms with E-state index in [4.69, 9.17) is 20.8 Å². The Kier molecular flexibility index (Phi) is 6.53. The van der Waals surface area contributed by atoms with E-state index in [9.17, 15) is 18.3 Å². The van der Waals surface area contributed by atoms with Crippen molar-refractivity contribution < 1.29 is 27.5 Å². The van der Waals surface area contributed by atoms with Crippen LogP contribution in [0.2, 0.25) is 5.02 Å². The number of aliphatic hydroxyl groups is 1. The van der Waals surface area contributed by atoms with E-state index in [1.165, 1.54) is 6.07 Å². The van der Waals surface area contributed by atoms with Crippen LogP contribution in [0.1, 0.15) is 23.4 Å². The molecule has 0 spiro atoms. The Bertz CT molecular complexity index is 1280. The van der Waals surface area contributed by atoms with Crippen LogP contribution in [-0.2, 0) is 26.2 Å². The van der Waals surface area contributed by atoms with Crippen LogP contribution in [0.15, 0.2) is 51.8 Å². The van der Waals surface area contributed by atoms with Crippen LogP contribution < -0.4 is 0 Å². The lowest BCUT2D eigenvalue weighted by molar-refractivity contribution is -0.149. The Morgan fingerprint density at radius 1 is 1.18 bits per heavy atom. The fourth-order valence-corrected chi connectivity index (χ4v) is 5.36. The number of carbonyl (C=O) groups is 1. The van der Waals surface area contributed by atoms with Crippen LogP contribution in [0.25, 0.3) is 11.5 Å². The molecular weight excluding hydrogens is 470 g/mol. The van der Waals surface area contributed by atoms with Gasteiger partial charge in [0.2, 0.25) is 15.9 Å². The molecule has 1 aliphatic rings. The molecule has 9 nitrogen and oxygen atoms in total. The highest BCUT2D eigenvalue weighted by atomic mass is 35.5. The van der Waals surface area contributed by atoms with Gasteiger partial charge in [0, 0.05) is 23.6 Å². The first kappa shape index (κ1) is 23.4. The van der Waals surface area contributed by atoms with Gasteiger partial charge in [-0.05, 0) is 61.4 Å². The van der Waals surface area contributed by atoms with Crippen molar-refractivity contribution in [3.05, 3.63) is 64.5 Å². The molecule has 0 saturated carbocycles. The van der Waals surface area contributed by atoms with Gasteiger partial charge < -0.3 is 14.3 Å². The molecule has 0 aliphatic carbocycles. The van der Waals surface area contributed by atoms with Gasteiger partial charge in [0.1, 0.15) is 6.04 Å². The molecule has 0 radical (unpaired) electrons. The first-order valence-corrected chi connectivity index (χ1v) is 12.0. The molecule has 1 aliphatic heterocycles. The summed E-state index contributed by atoms with van der Waals surface area (Å²) < 4.78 is 38.1. The van der Waals surface area contributed by atoms with Crippen molar-refractivity contribution in [2.45, 2.75) is 43.9 Å². The molecule has 174 valence electrons. The van der Waals surface area contributed by atoms with Crippen LogP contribution in [0.4, 0.5) is 0 Å². The summed E-state index contributed by atoms with van der Waals surface area (Å²) >= 11 is 5.87. The number of benzene rings is 2. The van der Waals surface area contributed by atoms with E-state index in [1.54, 1.807) is 36.4 Å². The summed E-state index contributed by atoms with van der Waals surface area (Å²) in [4.78, 5) is 12.8. The van der Waals surface area contributed by atoms with Gasteiger partial charge >= 0.3 is 5.97 Å². The number of β-amino-alcohol motifs (C(OH)–C–C–N with tert-alkyl or cyclic N) is 1. The molecular formula is C22H22ClN3O6S. The maximum atomic E-state index is 13.2. The van der Waals surface area contributed by atoms with Gasteiger partial charge in [-0.2, -0.15) is 4.31 Å². The second-order valence-electron chi connectivity index (χ2n) is 7.84. The molecule has 2 aromatic carbocycles. The highest BCUT2D eigenvalue weighted by Gasteiger charge is 2.44. The third-order valence-electron chi connectivity index (χ3n) is 5.49. The van der Waals surface area contributed by atoms with Crippen molar-refractivity contribution in [2.24, 2.45) is 0 Å². The van der Waals surface area contributed by atoms with E-state index in [-0.39, 0.29) is 36.2 Å². The third kappa shape index (κ3) is 4.93. The van der Waals surface area contributed by atoms with Crippen molar-refractivity contribution in [1.82, 2.24) is 14.5 Å². The van der Waals surface area contributed by atoms with Crippen molar-refractivity contribution >= 4 is 27.6 Å². The maximum absolute atomic E-state index is 13.2. The summed E-state index contributed by atoms with van der Waals surface area (Å²) in [6.07, 6.45) is -1.05. The first-order chi connectivity index (χ1) is 15.6. The zero-order valence-electron chi connectivity index (χ0n) is 17.9. The lowest BCUT2D eigenvalue weighted by Gasteiger charge is -2.22. The van der Waals surface area contributed by atoms with Gasteiger partial charge in [0.25, 0.3) is 5.89 Å². The minimum absolute atomic E-state index is 0.0513. The van der Waals surface area contributed by atoms with E-state index in [0.717, 1.165) is 15.4 Å². The Balaban J connectivity index is 1.47. The Hall–Kier alpha value is -2.79. The SMILES string of the molecule is Cc1ccc(S(=O)(=O)N2CC(O)CC2C(=O)OCc2nnc(-c3ccc(Cl)cc3)o2)cc1C. The summed E-state index contributed by atoms with van der Waals surface area (Å²) in [7, 11) is -4.01. The van der Waals surface area contributed by atoms with Crippen LogP contribution in [-0.4, -0.2) is 52.7 Å². The normalized spacial score (nSPS) is 19.0. The molecule has 3 aromatic rings. The summed E-state index contributed by atoms with van der Waals surface area (Å²) in [5.74, 6) is -0.520. The number of carbonyl (C=O) groups excluding carboxylic acids is 1. The number of nitrogens with zero attached hydrogens (tertiary/aromatic N) is 3. The second kappa shape index (κ2) is 9.22. The standard InChI is InChI=1S/C22H22ClN3O6S/c1-13-3-8-18(9-14(13)2)33(29,30)26-11-17(27)10-19(26)22(28)31-12-20-24-25-21(32-20)15-4-6-16(23)7-5-15/h3-9,17,19,27H,10-12H2,1-2H3. The van der Waals surface area contributed by atoms with Gasteiger partial charge in [-0.25, -0.2) is 8.42 Å². The third-order valence-corrected chi connectivity index (χ3v) is 7.61. The van der Waals surface area contributed by atoms with Gasteiger partial charge in [-0.15, -0.1) is 10.2 Å². The number of rotatable bonds is 6. The predicted molar refractivity (Wildman–Crippen MR) is 119 cm³/mol. The molecule has 0 bridgehead atoms. The van der Waals surface area contributed by atoms with E-state index in [0.29, 0.717) is 10.6 Å². The summed E-state index contributed by atoms with van der Waals surface area (Å²) in [5, 5.41) is 18.4. The van der Waals surface area contributed by atoms with Crippen molar-refractivity contribution in [2.75, 3.05) is 6.54 Å². The summed E-state index contributed by atoms with van der Waals surface area (Å²) in [6.45, 7) is 3.16. The van der Waals surface area contributed by atoms with Gasteiger partial charge in [-0.3, -0.25) is 4.79 Å². The van der Waals surface area contributed by atoms with E-state index in [1.807, 2.05) is 13.8 Å². The molecule has 2 atom stereocenters. The van der Waals surface area contributed by atoms with E-state index < -0.39 is 28.1 Å². The number of aliphatic hydroxyl groups excluding tert-OH is 1. The van der Waals surface area contributed by atoms with Crippen LogP contribution in [0.3, 0.4) is 0 Å². The average Bonchev–Trinajstić information content (AvgIpc) is 3.41. The molecule has 1 saturated heterocycles. The van der Waals surface area contributed by atoms with Gasteiger partial charge in [-0.1, -0.05) is 17.7 Å². The predicted octanol–water partition coefficient (Wildman–Crippen LogP) is 2.87. The smallest absolute Gasteiger partial charge is 0.325 e. The number of hydrogen-bond donors (Lipinski definition) is 1. The molecule has 4 rings (SSSR count). The minimum Gasteiger partial charge on any atom is -0.454 e. The number of esters is 1. The highest BCUT2D eigenvalue weighted by molar-refractivity contribution is 7.89. The zero-order chi connectivity index (χ0) is 23.8. The number of hydrogen-bond acceptors (Lipinski definition) is 8. The number of aryl methyl sites for hydroxylation is 2. The molecule has 33 heavy (non-hydrogen) atoms. The number of ether oxygens (including phenoxy) is 1. The molecule has 1 N–H and O–H groups in total. The number of aromatic nitrogens is 2. The molecule has 2 heterocycles. The fourth-order valence-electron chi connectivity index (χ4n) is 3.52. The first-order valence-electron chi connectivity index (χ1n) is 10.2. The summed E-state index contributed by atoms with van der Waals surface area (Å²) in [5.41, 5.74) is 2.40. The van der Waals surface area contributed by atoms with Gasteiger partial charge in [0.15, 0.2) is 6.61 Å². The Labute approximate surface area is 196 Å². The maximum Gasteiger partial charge on any atom is 0.325 e. The molecule has 1 aromatic heterocycles. The van der Waals surface area contributed by atoms with Crippen molar-refractivity contribution in [3.63, 3.8) is 0 Å². The van der Waals surface area contributed by atoms with Crippen LogP contribution in [0, 0.1) is 13.8 Å². The monoisotopic (exact) mass is 491 g/mol. The fraction of sp³-hybridized carbons (Fsp3) is 0.318. The average molecular weight is 492 g/mol. The molecule has 1 fully saturated rings. The van der Waals surface area contributed by atoms with Crippen molar-refractivity contribution in [1.29, 1.82) is 0 Å².